The number of rotatable bonds is 6. The lowest BCUT2D eigenvalue weighted by atomic mass is 9.98. The van der Waals surface area contributed by atoms with Gasteiger partial charge in [0.1, 0.15) is 5.75 Å². The zero-order valence-electron chi connectivity index (χ0n) is 12.8. The molecule has 0 aromatic heterocycles. The number of hydrogen-bond donors (Lipinski definition) is 1. The third-order valence-electron chi connectivity index (χ3n) is 3.59. The van der Waals surface area contributed by atoms with E-state index in [2.05, 4.69) is 49.5 Å². The first-order valence-electron chi connectivity index (χ1n) is 7.26. The highest BCUT2D eigenvalue weighted by molar-refractivity contribution is 6.32. The molecule has 0 amide bonds. The van der Waals surface area contributed by atoms with Gasteiger partial charge in [-0.2, -0.15) is 0 Å². The number of benzene rings is 2. The molecule has 1 unspecified atom stereocenters. The predicted molar refractivity (Wildman–Crippen MR) is 89.3 cm³/mol. The molecule has 2 rings (SSSR count). The number of hydrogen-bond acceptors (Lipinski definition) is 2. The number of nitrogens with one attached hydrogen (secondary N) is 1. The van der Waals surface area contributed by atoms with Crippen LogP contribution < -0.4 is 10.1 Å². The van der Waals surface area contributed by atoms with Crippen LogP contribution in [0.25, 0.3) is 0 Å². The van der Waals surface area contributed by atoms with Crippen LogP contribution in [0.4, 0.5) is 0 Å². The maximum atomic E-state index is 6.11. The molecule has 1 N–H and O–H groups in total. The van der Waals surface area contributed by atoms with Crippen LogP contribution in [0, 0.1) is 6.92 Å². The van der Waals surface area contributed by atoms with Gasteiger partial charge in [-0.3, -0.25) is 0 Å². The van der Waals surface area contributed by atoms with Gasteiger partial charge in [-0.15, -0.1) is 0 Å². The Labute approximate surface area is 132 Å². The van der Waals surface area contributed by atoms with E-state index >= 15 is 0 Å². The molecule has 2 nitrogen and oxygen atoms in total. The first kappa shape index (κ1) is 15.9. The molecule has 0 heterocycles. The molecule has 21 heavy (non-hydrogen) atoms. The Morgan fingerprint density at radius 3 is 2.48 bits per heavy atom. The molecule has 0 aliphatic carbocycles. The van der Waals surface area contributed by atoms with E-state index in [1.165, 1.54) is 16.7 Å². The van der Waals surface area contributed by atoms with Crippen LogP contribution in [0.15, 0.2) is 42.5 Å². The highest BCUT2D eigenvalue weighted by Crippen LogP contribution is 2.29. The minimum atomic E-state index is 0.254. The van der Waals surface area contributed by atoms with Gasteiger partial charge in [0.2, 0.25) is 0 Å². The van der Waals surface area contributed by atoms with Crippen molar-refractivity contribution in [3.8, 4) is 5.75 Å². The van der Waals surface area contributed by atoms with Gasteiger partial charge < -0.3 is 10.1 Å². The van der Waals surface area contributed by atoms with Crippen LogP contribution in [-0.4, -0.2) is 13.7 Å². The van der Waals surface area contributed by atoms with Crippen molar-refractivity contribution in [2.45, 2.75) is 26.3 Å². The van der Waals surface area contributed by atoms with Gasteiger partial charge >= 0.3 is 0 Å². The van der Waals surface area contributed by atoms with Crippen molar-refractivity contribution in [2.24, 2.45) is 0 Å². The molecule has 0 fully saturated rings. The van der Waals surface area contributed by atoms with E-state index in [0.29, 0.717) is 5.02 Å². The number of likely N-dealkylation sites (N-methyl/N-ethyl adjacent to an activating group) is 1. The van der Waals surface area contributed by atoms with Crippen LogP contribution in [0.1, 0.15) is 29.7 Å². The molecule has 0 bridgehead atoms. The molecule has 0 aliphatic heterocycles. The Bertz CT molecular complexity index is 580. The zero-order valence-corrected chi connectivity index (χ0v) is 13.6. The van der Waals surface area contributed by atoms with Crippen LogP contribution in [0.3, 0.4) is 0 Å². The third kappa shape index (κ3) is 4.23. The Hall–Kier alpha value is -1.51. The first-order valence-corrected chi connectivity index (χ1v) is 7.64. The van der Waals surface area contributed by atoms with E-state index < -0.39 is 0 Å². The van der Waals surface area contributed by atoms with E-state index in [1.54, 1.807) is 7.11 Å². The molecular formula is C18H22ClNO. The molecule has 0 radical (unpaired) electrons. The fraction of sp³-hybridized carbons (Fsp3) is 0.333. The lowest BCUT2D eigenvalue weighted by molar-refractivity contribution is 0.413. The summed E-state index contributed by atoms with van der Waals surface area (Å²) in [6.45, 7) is 5.15. The van der Waals surface area contributed by atoms with E-state index in [-0.39, 0.29) is 6.04 Å². The Balaban J connectivity index is 2.23. The van der Waals surface area contributed by atoms with Gasteiger partial charge in [0, 0.05) is 6.04 Å². The van der Waals surface area contributed by atoms with Crippen molar-refractivity contribution in [1.82, 2.24) is 5.32 Å². The van der Waals surface area contributed by atoms with Gasteiger partial charge in [-0.05, 0) is 43.1 Å². The minimum absolute atomic E-state index is 0.254. The maximum Gasteiger partial charge on any atom is 0.137 e. The summed E-state index contributed by atoms with van der Waals surface area (Å²) in [6, 6.07) is 14.9. The monoisotopic (exact) mass is 303 g/mol. The summed E-state index contributed by atoms with van der Waals surface area (Å²) in [7, 11) is 1.65. The second-order valence-electron chi connectivity index (χ2n) is 5.19. The van der Waals surface area contributed by atoms with Gasteiger partial charge in [0.25, 0.3) is 0 Å². The van der Waals surface area contributed by atoms with E-state index in [4.69, 9.17) is 16.3 Å². The Morgan fingerprint density at radius 2 is 1.86 bits per heavy atom. The Morgan fingerprint density at radius 1 is 1.14 bits per heavy atom. The van der Waals surface area contributed by atoms with E-state index in [9.17, 15) is 0 Å². The van der Waals surface area contributed by atoms with Crippen LogP contribution >= 0.6 is 11.6 Å². The fourth-order valence-electron chi connectivity index (χ4n) is 2.41. The summed E-state index contributed by atoms with van der Waals surface area (Å²) >= 11 is 6.11. The number of methoxy groups -OCH3 is 1. The second-order valence-corrected chi connectivity index (χ2v) is 5.60. The minimum Gasteiger partial charge on any atom is -0.495 e. The fourth-order valence-corrected chi connectivity index (χ4v) is 2.60. The highest BCUT2D eigenvalue weighted by atomic mass is 35.5. The SMILES string of the molecule is CCNC(Cc1ccc(C)cc1)c1ccc(Cl)c(OC)c1. The Kier molecular flexibility index (Phi) is 5.66. The van der Waals surface area contributed by atoms with Gasteiger partial charge in [-0.25, -0.2) is 0 Å². The molecule has 112 valence electrons. The highest BCUT2D eigenvalue weighted by Gasteiger charge is 2.13. The van der Waals surface area contributed by atoms with Gasteiger partial charge in [0.05, 0.1) is 12.1 Å². The van der Waals surface area contributed by atoms with Crippen molar-refractivity contribution in [1.29, 1.82) is 0 Å². The lowest BCUT2D eigenvalue weighted by Gasteiger charge is -2.19. The zero-order chi connectivity index (χ0) is 15.2. The van der Waals surface area contributed by atoms with Crippen LogP contribution in [0.5, 0.6) is 5.75 Å². The van der Waals surface area contributed by atoms with Crippen molar-refractivity contribution < 1.29 is 4.74 Å². The number of aryl methyl sites for hydroxylation is 1. The summed E-state index contributed by atoms with van der Waals surface area (Å²) < 4.78 is 5.32. The molecule has 0 spiro atoms. The summed E-state index contributed by atoms with van der Waals surface area (Å²) in [4.78, 5) is 0. The average molecular weight is 304 g/mol. The largest absolute Gasteiger partial charge is 0.495 e. The van der Waals surface area contributed by atoms with Crippen LogP contribution in [-0.2, 0) is 6.42 Å². The van der Waals surface area contributed by atoms with Gasteiger partial charge in [-0.1, -0.05) is 54.4 Å². The molecule has 0 saturated carbocycles. The molecule has 3 heteroatoms. The number of halogens is 1. The molecule has 2 aromatic rings. The first-order chi connectivity index (χ1) is 10.1. The third-order valence-corrected chi connectivity index (χ3v) is 3.90. The van der Waals surface area contributed by atoms with E-state index in [1.807, 2.05) is 12.1 Å². The summed E-state index contributed by atoms with van der Waals surface area (Å²) in [5.41, 5.74) is 3.80. The summed E-state index contributed by atoms with van der Waals surface area (Å²) in [5.74, 6) is 0.723. The van der Waals surface area contributed by atoms with Crippen molar-refractivity contribution in [3.63, 3.8) is 0 Å². The number of ether oxygens (including phenoxy) is 1. The van der Waals surface area contributed by atoms with Gasteiger partial charge in [0.15, 0.2) is 0 Å². The average Bonchev–Trinajstić information content (AvgIpc) is 2.49. The molecular weight excluding hydrogens is 282 g/mol. The van der Waals surface area contributed by atoms with Crippen LogP contribution in [0.2, 0.25) is 5.02 Å². The topological polar surface area (TPSA) is 21.3 Å². The predicted octanol–water partition coefficient (Wildman–Crippen LogP) is 4.55. The molecule has 1 atom stereocenters. The van der Waals surface area contributed by atoms with E-state index in [0.717, 1.165) is 18.7 Å². The normalized spacial score (nSPS) is 12.2. The smallest absolute Gasteiger partial charge is 0.137 e. The molecule has 0 saturated heterocycles. The second kappa shape index (κ2) is 7.48. The summed E-state index contributed by atoms with van der Waals surface area (Å²) in [6.07, 6.45) is 0.943. The summed E-state index contributed by atoms with van der Waals surface area (Å²) in [5, 5.41) is 4.18. The van der Waals surface area contributed by atoms with Crippen molar-refractivity contribution >= 4 is 11.6 Å². The lowest BCUT2D eigenvalue weighted by Crippen LogP contribution is -2.23. The van der Waals surface area contributed by atoms with Crippen molar-refractivity contribution in [2.75, 3.05) is 13.7 Å². The molecule has 0 aliphatic rings. The quantitative estimate of drug-likeness (QED) is 0.845. The van der Waals surface area contributed by atoms with Crippen molar-refractivity contribution in [3.05, 3.63) is 64.2 Å². The standard InChI is InChI=1S/C18H22ClNO/c1-4-20-17(11-14-7-5-13(2)6-8-14)15-9-10-16(19)18(12-15)21-3/h5-10,12,17,20H,4,11H2,1-3H3. The molecule has 2 aromatic carbocycles. The maximum absolute atomic E-state index is 6.11.